The van der Waals surface area contributed by atoms with Crippen molar-refractivity contribution in [3.8, 4) is 0 Å². The monoisotopic (exact) mass is 208 g/mol. The van der Waals surface area contributed by atoms with Crippen molar-refractivity contribution in [2.45, 2.75) is 51.6 Å². The quantitative estimate of drug-likeness (QED) is 0.758. The lowest BCUT2D eigenvalue weighted by molar-refractivity contribution is 0.296. The van der Waals surface area contributed by atoms with Gasteiger partial charge in [0.25, 0.3) is 0 Å². The Hall–Kier alpha value is -0.0800. The van der Waals surface area contributed by atoms with Gasteiger partial charge < -0.3 is 10.2 Å². The molecule has 0 spiro atoms. The van der Waals surface area contributed by atoms with Gasteiger partial charge in [0.2, 0.25) is 0 Å². The van der Waals surface area contributed by atoms with Gasteiger partial charge in [-0.15, -0.1) is 0 Å². The largest absolute Gasteiger partial charge is 0.310 e. The Morgan fingerprint density at radius 3 is 2.53 bits per heavy atom. The minimum atomic E-state index is 0.655. The van der Waals surface area contributed by atoms with Gasteiger partial charge in [-0.1, -0.05) is 13.8 Å². The molecule has 3 fully saturated rings. The predicted molar refractivity (Wildman–Crippen MR) is 62.9 cm³/mol. The van der Waals surface area contributed by atoms with Crippen molar-refractivity contribution in [1.82, 2.24) is 10.2 Å². The Labute approximate surface area is 93.4 Å². The van der Waals surface area contributed by atoms with Crippen molar-refractivity contribution in [3.05, 3.63) is 0 Å². The Kier molecular flexibility index (Phi) is 2.33. The van der Waals surface area contributed by atoms with Crippen molar-refractivity contribution in [3.63, 3.8) is 0 Å². The molecule has 2 nitrogen and oxygen atoms in total. The first-order chi connectivity index (χ1) is 7.13. The van der Waals surface area contributed by atoms with Crippen molar-refractivity contribution in [1.29, 1.82) is 0 Å². The number of hydrogen-bond donors (Lipinski definition) is 1. The van der Waals surface area contributed by atoms with Gasteiger partial charge in [0.15, 0.2) is 0 Å². The van der Waals surface area contributed by atoms with Crippen molar-refractivity contribution in [2.24, 2.45) is 11.3 Å². The summed E-state index contributed by atoms with van der Waals surface area (Å²) < 4.78 is 0. The van der Waals surface area contributed by atoms with Crippen molar-refractivity contribution in [2.75, 3.05) is 19.6 Å². The third-order valence-corrected chi connectivity index (χ3v) is 4.52. The summed E-state index contributed by atoms with van der Waals surface area (Å²) in [6.45, 7) is 8.82. The molecule has 1 aliphatic heterocycles. The molecule has 3 aliphatic rings. The molecule has 2 saturated carbocycles. The molecular formula is C13H24N2. The van der Waals surface area contributed by atoms with E-state index in [4.69, 9.17) is 0 Å². The first-order valence-corrected chi connectivity index (χ1v) is 6.62. The van der Waals surface area contributed by atoms with Crippen LogP contribution in [0.1, 0.15) is 39.5 Å². The van der Waals surface area contributed by atoms with Gasteiger partial charge in [-0.25, -0.2) is 0 Å². The molecule has 2 atom stereocenters. The average molecular weight is 208 g/mol. The predicted octanol–water partition coefficient (Wildman–Crippen LogP) is 1.86. The maximum absolute atomic E-state index is 3.76. The van der Waals surface area contributed by atoms with E-state index in [2.05, 4.69) is 24.1 Å². The van der Waals surface area contributed by atoms with Gasteiger partial charge in [0, 0.05) is 25.2 Å². The van der Waals surface area contributed by atoms with Crippen LogP contribution in [0.25, 0.3) is 0 Å². The molecule has 0 radical (unpaired) electrons. The Bertz CT molecular complexity index is 245. The highest BCUT2D eigenvalue weighted by atomic mass is 15.2. The molecular weight excluding hydrogens is 184 g/mol. The Balaban J connectivity index is 1.41. The maximum atomic E-state index is 3.76. The zero-order valence-corrected chi connectivity index (χ0v) is 10.1. The van der Waals surface area contributed by atoms with Crippen molar-refractivity contribution >= 4 is 0 Å². The molecule has 0 bridgehead atoms. The number of nitrogens with one attached hydrogen (secondary N) is 1. The summed E-state index contributed by atoms with van der Waals surface area (Å²) >= 11 is 0. The fourth-order valence-electron chi connectivity index (χ4n) is 2.92. The van der Waals surface area contributed by atoms with E-state index < -0.39 is 0 Å². The molecule has 0 aromatic carbocycles. The first kappa shape index (κ1) is 10.1. The fraction of sp³-hybridized carbons (Fsp3) is 1.00. The third-order valence-electron chi connectivity index (χ3n) is 4.52. The van der Waals surface area contributed by atoms with Crippen LogP contribution in [0.2, 0.25) is 0 Å². The molecule has 2 unspecified atom stereocenters. The fourth-order valence-corrected chi connectivity index (χ4v) is 2.92. The van der Waals surface area contributed by atoms with Crippen LogP contribution < -0.4 is 5.32 Å². The van der Waals surface area contributed by atoms with Crippen LogP contribution in [0.15, 0.2) is 0 Å². The minimum absolute atomic E-state index is 0.655. The summed E-state index contributed by atoms with van der Waals surface area (Å²) in [6, 6.07) is 1.69. The van der Waals surface area contributed by atoms with Crippen LogP contribution in [0.4, 0.5) is 0 Å². The van der Waals surface area contributed by atoms with E-state index in [0.717, 1.165) is 18.0 Å². The molecule has 1 N–H and O–H groups in total. The highest BCUT2D eigenvalue weighted by molar-refractivity contribution is 4.98. The van der Waals surface area contributed by atoms with E-state index in [0.29, 0.717) is 5.41 Å². The van der Waals surface area contributed by atoms with Crippen molar-refractivity contribution < 1.29 is 0 Å². The standard InChI is InChI=1S/C13H24N2/c1-13(2)7-10(13)8-15-6-5-12(9-15)14-11-3-4-11/h10-12,14H,3-9H2,1-2H3. The van der Waals surface area contributed by atoms with Crippen LogP contribution in [-0.2, 0) is 0 Å². The minimum Gasteiger partial charge on any atom is -0.310 e. The Morgan fingerprint density at radius 1 is 1.20 bits per heavy atom. The zero-order chi connectivity index (χ0) is 10.5. The van der Waals surface area contributed by atoms with Crippen LogP contribution in [0.3, 0.4) is 0 Å². The molecule has 3 rings (SSSR count). The molecule has 0 aromatic heterocycles. The SMILES string of the molecule is CC1(C)CC1CN1CCC(NC2CC2)C1. The summed E-state index contributed by atoms with van der Waals surface area (Å²) in [4.78, 5) is 2.68. The van der Waals surface area contributed by atoms with Gasteiger partial charge in [0.1, 0.15) is 0 Å². The third kappa shape index (κ3) is 2.36. The average Bonchev–Trinajstić information content (AvgIpc) is 2.99. The van der Waals surface area contributed by atoms with Gasteiger partial charge in [-0.2, -0.15) is 0 Å². The molecule has 1 saturated heterocycles. The smallest absolute Gasteiger partial charge is 0.0209 e. The summed E-state index contributed by atoms with van der Waals surface area (Å²) in [5.74, 6) is 0.983. The number of hydrogen-bond acceptors (Lipinski definition) is 2. The molecule has 0 amide bonds. The molecule has 1 heterocycles. The zero-order valence-electron chi connectivity index (χ0n) is 10.1. The molecule has 0 aromatic rings. The maximum Gasteiger partial charge on any atom is 0.0209 e. The normalized spacial score (nSPS) is 39.6. The summed E-state index contributed by atoms with van der Waals surface area (Å²) in [7, 11) is 0. The molecule has 15 heavy (non-hydrogen) atoms. The molecule has 86 valence electrons. The van der Waals surface area contributed by atoms with E-state index in [1.165, 1.54) is 45.3 Å². The van der Waals surface area contributed by atoms with Gasteiger partial charge >= 0.3 is 0 Å². The lowest BCUT2D eigenvalue weighted by Gasteiger charge is -2.17. The second kappa shape index (κ2) is 3.46. The topological polar surface area (TPSA) is 15.3 Å². The highest BCUT2D eigenvalue weighted by Gasteiger charge is 2.46. The van der Waals surface area contributed by atoms with Crippen LogP contribution in [0, 0.1) is 11.3 Å². The van der Waals surface area contributed by atoms with Gasteiger partial charge in [-0.05, 0) is 43.6 Å². The van der Waals surface area contributed by atoms with E-state index in [1.807, 2.05) is 0 Å². The number of rotatable bonds is 4. The molecule has 2 aliphatic carbocycles. The van der Waals surface area contributed by atoms with E-state index in [1.54, 1.807) is 0 Å². The highest BCUT2D eigenvalue weighted by Crippen LogP contribution is 2.52. The van der Waals surface area contributed by atoms with Crippen LogP contribution in [0.5, 0.6) is 0 Å². The number of nitrogens with zero attached hydrogens (tertiary/aromatic N) is 1. The summed E-state index contributed by atoms with van der Waals surface area (Å²) in [6.07, 6.45) is 5.67. The second-order valence-electron chi connectivity index (χ2n) is 6.58. The van der Waals surface area contributed by atoms with E-state index in [-0.39, 0.29) is 0 Å². The first-order valence-electron chi connectivity index (χ1n) is 6.62. The summed E-state index contributed by atoms with van der Waals surface area (Å²) in [5.41, 5.74) is 0.655. The van der Waals surface area contributed by atoms with Crippen LogP contribution >= 0.6 is 0 Å². The number of likely N-dealkylation sites (tertiary alicyclic amines) is 1. The molecule has 2 heteroatoms. The lowest BCUT2D eigenvalue weighted by atomic mass is 10.1. The lowest BCUT2D eigenvalue weighted by Crippen LogP contribution is -2.34. The second-order valence-corrected chi connectivity index (χ2v) is 6.58. The van der Waals surface area contributed by atoms with Gasteiger partial charge in [0.05, 0.1) is 0 Å². The van der Waals surface area contributed by atoms with Gasteiger partial charge in [-0.3, -0.25) is 0 Å². The van der Waals surface area contributed by atoms with Crippen LogP contribution in [-0.4, -0.2) is 36.6 Å². The Morgan fingerprint density at radius 2 is 1.93 bits per heavy atom. The summed E-state index contributed by atoms with van der Waals surface area (Å²) in [5, 5.41) is 3.76. The van der Waals surface area contributed by atoms with E-state index >= 15 is 0 Å². The van der Waals surface area contributed by atoms with E-state index in [9.17, 15) is 0 Å².